The first-order valence-corrected chi connectivity index (χ1v) is 6.39. The fourth-order valence-electron chi connectivity index (χ4n) is 1.37. The van der Waals surface area contributed by atoms with Gasteiger partial charge in [0.2, 0.25) is 5.91 Å². The molecule has 1 heterocycles. The molecule has 1 amide bonds. The average Bonchev–Trinajstić information content (AvgIpc) is 2.52. The Morgan fingerprint density at radius 3 is 2.75 bits per heavy atom. The van der Waals surface area contributed by atoms with Crippen molar-refractivity contribution in [2.45, 2.75) is 46.2 Å². The van der Waals surface area contributed by atoms with Gasteiger partial charge >= 0.3 is 0 Å². The van der Waals surface area contributed by atoms with Gasteiger partial charge in [0.1, 0.15) is 0 Å². The summed E-state index contributed by atoms with van der Waals surface area (Å²) in [4.78, 5) is 14.0. The third-order valence-corrected chi connectivity index (χ3v) is 3.66. The highest BCUT2D eigenvalue weighted by Gasteiger charge is 2.05. The lowest BCUT2D eigenvalue weighted by Gasteiger charge is -2.05. The van der Waals surface area contributed by atoms with Crippen LogP contribution in [0, 0.1) is 13.8 Å². The van der Waals surface area contributed by atoms with Gasteiger partial charge in [-0.25, -0.2) is 0 Å². The van der Waals surface area contributed by atoms with Crippen LogP contribution in [0.1, 0.15) is 35.1 Å². The number of aryl methyl sites for hydroxylation is 2. The van der Waals surface area contributed by atoms with Crippen molar-refractivity contribution < 1.29 is 4.79 Å². The van der Waals surface area contributed by atoms with Gasteiger partial charge in [-0.3, -0.25) is 4.79 Å². The van der Waals surface area contributed by atoms with Gasteiger partial charge < -0.3 is 11.1 Å². The van der Waals surface area contributed by atoms with Crippen LogP contribution in [0.2, 0.25) is 0 Å². The van der Waals surface area contributed by atoms with Gasteiger partial charge in [0, 0.05) is 22.2 Å². The number of thiophene rings is 1. The molecule has 0 aliphatic carbocycles. The van der Waals surface area contributed by atoms with E-state index in [1.54, 1.807) is 11.3 Å². The molecule has 0 saturated heterocycles. The minimum absolute atomic E-state index is 0.0843. The molecule has 0 aliphatic rings. The molecule has 3 N–H and O–H groups in total. The Balaban J connectivity index is 2.31. The molecule has 0 radical (unpaired) electrons. The van der Waals surface area contributed by atoms with E-state index in [0.29, 0.717) is 13.0 Å². The van der Waals surface area contributed by atoms with Crippen LogP contribution < -0.4 is 11.1 Å². The highest BCUT2D eigenvalue weighted by Crippen LogP contribution is 2.20. The molecule has 0 aromatic carbocycles. The van der Waals surface area contributed by atoms with Crippen LogP contribution in [0.3, 0.4) is 0 Å². The van der Waals surface area contributed by atoms with E-state index in [1.165, 1.54) is 15.3 Å². The molecular weight excluding hydrogens is 220 g/mol. The smallest absolute Gasteiger partial charge is 0.220 e. The van der Waals surface area contributed by atoms with Gasteiger partial charge in [0.25, 0.3) is 0 Å². The minimum Gasteiger partial charge on any atom is -0.351 e. The largest absolute Gasteiger partial charge is 0.351 e. The first-order valence-electron chi connectivity index (χ1n) is 5.57. The molecule has 1 unspecified atom stereocenters. The summed E-state index contributed by atoms with van der Waals surface area (Å²) in [6.45, 7) is 6.74. The average molecular weight is 240 g/mol. The number of carbonyl (C=O) groups excluding carboxylic acids is 1. The fourth-order valence-corrected chi connectivity index (χ4v) is 2.36. The summed E-state index contributed by atoms with van der Waals surface area (Å²) in [6, 6.07) is 2.23. The number of rotatable bonds is 5. The highest BCUT2D eigenvalue weighted by atomic mass is 32.1. The molecule has 16 heavy (non-hydrogen) atoms. The van der Waals surface area contributed by atoms with Crippen molar-refractivity contribution in [2.75, 3.05) is 0 Å². The number of amides is 1. The van der Waals surface area contributed by atoms with E-state index in [4.69, 9.17) is 5.73 Å². The fraction of sp³-hybridized carbons (Fsp3) is 0.583. The van der Waals surface area contributed by atoms with E-state index in [2.05, 4.69) is 25.2 Å². The van der Waals surface area contributed by atoms with Gasteiger partial charge in [-0.1, -0.05) is 0 Å². The Hall–Kier alpha value is -0.870. The van der Waals surface area contributed by atoms with Gasteiger partial charge in [0.15, 0.2) is 0 Å². The van der Waals surface area contributed by atoms with E-state index < -0.39 is 0 Å². The summed E-state index contributed by atoms with van der Waals surface area (Å²) in [7, 11) is 0. The van der Waals surface area contributed by atoms with Gasteiger partial charge in [0.05, 0.1) is 6.54 Å². The summed E-state index contributed by atoms with van der Waals surface area (Å²) in [5.74, 6) is 0.0843. The number of nitrogens with one attached hydrogen (secondary N) is 1. The zero-order chi connectivity index (χ0) is 12.1. The van der Waals surface area contributed by atoms with E-state index >= 15 is 0 Å². The quantitative estimate of drug-likeness (QED) is 0.828. The maximum atomic E-state index is 11.5. The highest BCUT2D eigenvalue weighted by molar-refractivity contribution is 7.12. The molecule has 1 aromatic rings. The Bertz CT molecular complexity index is 338. The van der Waals surface area contributed by atoms with Crippen molar-refractivity contribution >= 4 is 17.2 Å². The van der Waals surface area contributed by atoms with Gasteiger partial charge in [-0.2, -0.15) is 0 Å². The lowest BCUT2D eigenvalue weighted by atomic mass is 10.2. The second-order valence-electron chi connectivity index (χ2n) is 4.24. The molecule has 90 valence electrons. The van der Waals surface area contributed by atoms with Crippen LogP contribution in [-0.4, -0.2) is 11.9 Å². The number of nitrogens with two attached hydrogens (primary N) is 1. The van der Waals surface area contributed by atoms with E-state index in [9.17, 15) is 4.79 Å². The molecule has 0 aliphatic heterocycles. The molecule has 1 atom stereocenters. The molecule has 4 heteroatoms. The predicted molar refractivity (Wildman–Crippen MR) is 68.5 cm³/mol. The van der Waals surface area contributed by atoms with Crippen LogP contribution in [0.5, 0.6) is 0 Å². The van der Waals surface area contributed by atoms with Crippen molar-refractivity contribution in [3.05, 3.63) is 21.4 Å². The molecule has 0 fully saturated rings. The lowest BCUT2D eigenvalue weighted by Crippen LogP contribution is -2.25. The Morgan fingerprint density at radius 1 is 1.56 bits per heavy atom. The summed E-state index contributed by atoms with van der Waals surface area (Å²) in [5.41, 5.74) is 6.89. The van der Waals surface area contributed by atoms with Crippen molar-refractivity contribution in [3.8, 4) is 0 Å². The maximum absolute atomic E-state index is 11.5. The van der Waals surface area contributed by atoms with E-state index in [0.717, 1.165) is 6.42 Å². The molecule has 3 nitrogen and oxygen atoms in total. The van der Waals surface area contributed by atoms with Gasteiger partial charge in [-0.05, 0) is 38.8 Å². The van der Waals surface area contributed by atoms with Crippen molar-refractivity contribution in [1.82, 2.24) is 5.32 Å². The van der Waals surface area contributed by atoms with Crippen LogP contribution >= 0.6 is 11.3 Å². The molecule has 0 bridgehead atoms. The molecule has 1 rings (SSSR count). The first-order chi connectivity index (χ1) is 7.49. The van der Waals surface area contributed by atoms with Gasteiger partial charge in [-0.15, -0.1) is 11.3 Å². The van der Waals surface area contributed by atoms with Crippen molar-refractivity contribution in [1.29, 1.82) is 0 Å². The zero-order valence-electron chi connectivity index (χ0n) is 10.2. The third-order valence-electron chi connectivity index (χ3n) is 2.50. The zero-order valence-corrected chi connectivity index (χ0v) is 11.0. The Morgan fingerprint density at radius 2 is 2.25 bits per heavy atom. The second kappa shape index (κ2) is 6.01. The van der Waals surface area contributed by atoms with E-state index in [1.807, 2.05) is 6.92 Å². The second-order valence-corrected chi connectivity index (χ2v) is 5.59. The summed E-state index contributed by atoms with van der Waals surface area (Å²) in [5, 5.41) is 2.91. The third kappa shape index (κ3) is 4.33. The lowest BCUT2D eigenvalue weighted by molar-refractivity contribution is -0.121. The first kappa shape index (κ1) is 13.2. The number of carbonyl (C=O) groups is 1. The van der Waals surface area contributed by atoms with Crippen LogP contribution in [-0.2, 0) is 11.3 Å². The molecular formula is C12H20N2OS. The monoisotopic (exact) mass is 240 g/mol. The van der Waals surface area contributed by atoms with E-state index in [-0.39, 0.29) is 11.9 Å². The molecule has 0 saturated carbocycles. The minimum atomic E-state index is 0.0843. The van der Waals surface area contributed by atoms with Crippen LogP contribution in [0.25, 0.3) is 0 Å². The molecule has 0 spiro atoms. The Labute approximate surface area is 101 Å². The topological polar surface area (TPSA) is 55.1 Å². The molecule has 1 aromatic heterocycles. The van der Waals surface area contributed by atoms with Crippen LogP contribution in [0.15, 0.2) is 6.07 Å². The summed E-state index contributed by atoms with van der Waals surface area (Å²) < 4.78 is 0. The Kier molecular flexibility index (Phi) is 4.96. The van der Waals surface area contributed by atoms with Crippen molar-refractivity contribution in [3.63, 3.8) is 0 Å². The number of hydrogen-bond donors (Lipinski definition) is 2. The normalized spacial score (nSPS) is 12.5. The summed E-state index contributed by atoms with van der Waals surface area (Å²) >= 11 is 1.74. The SMILES string of the molecule is Cc1cc(CNC(=O)CCC(C)N)sc1C. The van der Waals surface area contributed by atoms with Crippen LogP contribution in [0.4, 0.5) is 0 Å². The van der Waals surface area contributed by atoms with Crippen molar-refractivity contribution in [2.24, 2.45) is 5.73 Å². The standard InChI is InChI=1S/C12H20N2OS/c1-8-6-11(16-10(8)3)7-14-12(15)5-4-9(2)13/h6,9H,4-5,7,13H2,1-3H3,(H,14,15). The predicted octanol–water partition coefficient (Wildman–Crippen LogP) is 2.11. The maximum Gasteiger partial charge on any atom is 0.220 e. The summed E-state index contributed by atoms with van der Waals surface area (Å²) in [6.07, 6.45) is 1.26. The number of hydrogen-bond acceptors (Lipinski definition) is 3.